The molecule has 1 N–H and O–H groups in total. The standard InChI is InChI=1S/C14H14F3NO2/c1-9(19)12(8-18-2)13(20)7-10-4-3-5-11(6-10)14(15,16)17/h3-6,8,20H,7H2,1-2H3. The molecule has 20 heavy (non-hydrogen) atoms. The molecule has 0 unspecified atom stereocenters. The number of rotatable bonds is 4. The third-order valence-electron chi connectivity index (χ3n) is 2.57. The number of hydrogen-bond donors (Lipinski definition) is 1. The van der Waals surface area contributed by atoms with E-state index in [0.717, 1.165) is 12.1 Å². The first-order valence-electron chi connectivity index (χ1n) is 5.77. The highest BCUT2D eigenvalue weighted by atomic mass is 19.4. The number of allylic oxidation sites excluding steroid dienone is 2. The topological polar surface area (TPSA) is 49.7 Å². The molecule has 0 amide bonds. The molecule has 0 aromatic heterocycles. The summed E-state index contributed by atoms with van der Waals surface area (Å²) in [5.41, 5.74) is -0.540. The maximum atomic E-state index is 12.6. The second-order valence-corrected chi connectivity index (χ2v) is 4.18. The fourth-order valence-corrected chi connectivity index (χ4v) is 1.64. The molecule has 6 heteroatoms. The first-order chi connectivity index (χ1) is 9.25. The number of carbonyl (C=O) groups excluding carboxylic acids is 1. The lowest BCUT2D eigenvalue weighted by Gasteiger charge is -2.09. The third kappa shape index (κ3) is 4.22. The molecular weight excluding hydrogens is 271 g/mol. The van der Waals surface area contributed by atoms with Gasteiger partial charge in [0.1, 0.15) is 5.76 Å². The van der Waals surface area contributed by atoms with Gasteiger partial charge in [0, 0.05) is 19.7 Å². The monoisotopic (exact) mass is 285 g/mol. The first-order valence-corrected chi connectivity index (χ1v) is 5.77. The van der Waals surface area contributed by atoms with Crippen molar-refractivity contribution in [2.24, 2.45) is 4.99 Å². The van der Waals surface area contributed by atoms with Crippen LogP contribution < -0.4 is 0 Å². The van der Waals surface area contributed by atoms with E-state index in [4.69, 9.17) is 0 Å². The number of ketones is 1. The van der Waals surface area contributed by atoms with Crippen LogP contribution in [0.4, 0.5) is 13.2 Å². The van der Waals surface area contributed by atoms with Crippen LogP contribution in [0.15, 0.2) is 40.6 Å². The highest BCUT2D eigenvalue weighted by Crippen LogP contribution is 2.29. The molecule has 0 saturated carbocycles. The number of halogens is 3. The Balaban J connectivity index is 3.10. The molecule has 0 bridgehead atoms. The summed E-state index contributed by atoms with van der Waals surface area (Å²) < 4.78 is 37.7. The molecular formula is C14H14F3NO2. The van der Waals surface area contributed by atoms with Gasteiger partial charge in [0.2, 0.25) is 0 Å². The van der Waals surface area contributed by atoms with E-state index in [1.54, 1.807) is 0 Å². The van der Waals surface area contributed by atoms with E-state index in [2.05, 4.69) is 4.99 Å². The van der Waals surface area contributed by atoms with Gasteiger partial charge in [-0.1, -0.05) is 18.2 Å². The summed E-state index contributed by atoms with van der Waals surface area (Å²) in [5.74, 6) is -0.706. The van der Waals surface area contributed by atoms with Crippen molar-refractivity contribution in [3.8, 4) is 0 Å². The van der Waals surface area contributed by atoms with E-state index in [0.29, 0.717) is 0 Å². The lowest BCUT2D eigenvalue weighted by Crippen LogP contribution is -2.07. The third-order valence-corrected chi connectivity index (χ3v) is 2.57. The maximum Gasteiger partial charge on any atom is 0.416 e. The Kier molecular flexibility index (Phi) is 5.07. The van der Waals surface area contributed by atoms with Crippen molar-refractivity contribution < 1.29 is 23.1 Å². The van der Waals surface area contributed by atoms with Crippen LogP contribution in [-0.2, 0) is 17.4 Å². The fraction of sp³-hybridized carbons (Fsp3) is 0.286. The number of alkyl halides is 3. The molecule has 0 aliphatic heterocycles. The first kappa shape index (κ1) is 15.9. The number of benzene rings is 1. The zero-order valence-corrected chi connectivity index (χ0v) is 11.0. The van der Waals surface area contributed by atoms with Crippen LogP contribution in [0.3, 0.4) is 0 Å². The summed E-state index contributed by atoms with van der Waals surface area (Å²) in [6, 6.07) is 4.60. The van der Waals surface area contributed by atoms with Gasteiger partial charge in [-0.3, -0.25) is 9.79 Å². The van der Waals surface area contributed by atoms with E-state index in [-0.39, 0.29) is 23.3 Å². The molecule has 1 rings (SSSR count). The minimum Gasteiger partial charge on any atom is -0.511 e. The van der Waals surface area contributed by atoms with E-state index < -0.39 is 17.5 Å². The SMILES string of the molecule is CN=CC(C(C)=O)=C(O)Cc1cccc(C(F)(F)F)c1. The van der Waals surface area contributed by atoms with Crippen molar-refractivity contribution >= 4 is 12.0 Å². The Morgan fingerprint density at radius 2 is 2.05 bits per heavy atom. The number of nitrogens with zero attached hydrogens (tertiary/aromatic N) is 1. The molecule has 0 heterocycles. The van der Waals surface area contributed by atoms with Gasteiger partial charge in [-0.15, -0.1) is 0 Å². The van der Waals surface area contributed by atoms with Crippen LogP contribution in [0.1, 0.15) is 18.1 Å². The Morgan fingerprint density at radius 3 is 2.55 bits per heavy atom. The summed E-state index contributed by atoms with van der Waals surface area (Å²) in [6.45, 7) is 1.25. The molecule has 1 aromatic rings. The van der Waals surface area contributed by atoms with E-state index >= 15 is 0 Å². The van der Waals surface area contributed by atoms with Gasteiger partial charge >= 0.3 is 6.18 Å². The number of Topliss-reactive ketones (excluding diaryl/α,β-unsaturated/α-hetero) is 1. The van der Waals surface area contributed by atoms with Gasteiger partial charge in [-0.25, -0.2) is 0 Å². The van der Waals surface area contributed by atoms with Crippen molar-refractivity contribution in [1.29, 1.82) is 0 Å². The maximum absolute atomic E-state index is 12.6. The number of hydrogen-bond acceptors (Lipinski definition) is 3. The molecule has 0 radical (unpaired) electrons. The van der Waals surface area contributed by atoms with Crippen LogP contribution in [-0.4, -0.2) is 24.2 Å². The molecule has 1 aromatic carbocycles. The van der Waals surface area contributed by atoms with Crippen LogP contribution >= 0.6 is 0 Å². The zero-order valence-electron chi connectivity index (χ0n) is 11.0. The average molecular weight is 285 g/mol. The van der Waals surface area contributed by atoms with Crippen molar-refractivity contribution in [2.45, 2.75) is 19.5 Å². The smallest absolute Gasteiger partial charge is 0.416 e. The van der Waals surface area contributed by atoms with Crippen LogP contribution in [0.2, 0.25) is 0 Å². The molecule has 0 spiro atoms. The summed E-state index contributed by atoms with van der Waals surface area (Å²) in [7, 11) is 1.43. The Hall–Kier alpha value is -2.11. The minimum absolute atomic E-state index is 0.00934. The molecule has 0 aliphatic carbocycles. The van der Waals surface area contributed by atoms with Crippen molar-refractivity contribution in [1.82, 2.24) is 0 Å². The largest absolute Gasteiger partial charge is 0.511 e. The Morgan fingerprint density at radius 1 is 1.40 bits per heavy atom. The molecule has 0 aliphatic rings. The second-order valence-electron chi connectivity index (χ2n) is 4.18. The van der Waals surface area contributed by atoms with Crippen LogP contribution in [0.25, 0.3) is 0 Å². The van der Waals surface area contributed by atoms with E-state index in [9.17, 15) is 23.1 Å². The van der Waals surface area contributed by atoms with Crippen molar-refractivity contribution in [3.05, 3.63) is 46.7 Å². The van der Waals surface area contributed by atoms with Crippen molar-refractivity contribution in [3.63, 3.8) is 0 Å². The van der Waals surface area contributed by atoms with Crippen LogP contribution in [0.5, 0.6) is 0 Å². The zero-order chi connectivity index (χ0) is 15.3. The van der Waals surface area contributed by atoms with Crippen molar-refractivity contribution in [2.75, 3.05) is 7.05 Å². The van der Waals surface area contributed by atoms with Gasteiger partial charge in [-0.2, -0.15) is 13.2 Å². The number of aliphatic imine (C=N–C) groups is 1. The number of aliphatic hydroxyl groups is 1. The number of carbonyl (C=O) groups is 1. The Labute approximate surface area is 114 Å². The number of aliphatic hydroxyl groups excluding tert-OH is 1. The second kappa shape index (κ2) is 6.36. The van der Waals surface area contributed by atoms with Gasteiger partial charge in [0.25, 0.3) is 0 Å². The summed E-state index contributed by atoms with van der Waals surface area (Å²) in [5, 5.41) is 9.84. The summed E-state index contributed by atoms with van der Waals surface area (Å²) >= 11 is 0. The lowest BCUT2D eigenvalue weighted by molar-refractivity contribution is -0.137. The predicted octanol–water partition coefficient (Wildman–Crippen LogP) is 3.35. The molecule has 0 saturated heterocycles. The van der Waals surface area contributed by atoms with Gasteiger partial charge < -0.3 is 5.11 Å². The quantitative estimate of drug-likeness (QED) is 0.524. The lowest BCUT2D eigenvalue weighted by atomic mass is 10.0. The average Bonchev–Trinajstić information content (AvgIpc) is 2.34. The van der Waals surface area contributed by atoms with Crippen LogP contribution in [0, 0.1) is 0 Å². The van der Waals surface area contributed by atoms with Gasteiger partial charge in [0.15, 0.2) is 5.78 Å². The minimum atomic E-state index is -4.44. The summed E-state index contributed by atoms with van der Waals surface area (Å²) in [4.78, 5) is 14.9. The summed E-state index contributed by atoms with van der Waals surface area (Å²) in [6.07, 6.45) is -3.42. The molecule has 0 fully saturated rings. The molecule has 0 atom stereocenters. The predicted molar refractivity (Wildman–Crippen MR) is 69.9 cm³/mol. The van der Waals surface area contributed by atoms with E-state index in [1.807, 2.05) is 0 Å². The van der Waals surface area contributed by atoms with Gasteiger partial charge in [-0.05, 0) is 18.6 Å². The fourth-order valence-electron chi connectivity index (χ4n) is 1.64. The van der Waals surface area contributed by atoms with E-state index in [1.165, 1.54) is 32.3 Å². The molecule has 108 valence electrons. The highest BCUT2D eigenvalue weighted by Gasteiger charge is 2.30. The molecule has 3 nitrogen and oxygen atoms in total. The Bertz CT molecular complexity index is 560. The van der Waals surface area contributed by atoms with Gasteiger partial charge in [0.05, 0.1) is 11.1 Å². The highest BCUT2D eigenvalue weighted by molar-refractivity contribution is 6.12. The normalized spacial score (nSPS) is 13.4.